The minimum absolute atomic E-state index is 0.0459. The average Bonchev–Trinajstić information content (AvgIpc) is 2.93. The van der Waals surface area contributed by atoms with E-state index in [1.165, 1.54) is 16.9 Å². The number of hydrogen-bond donors (Lipinski definition) is 0. The minimum Gasteiger partial charge on any atom is -0.378 e. The van der Waals surface area contributed by atoms with Crippen LogP contribution in [0.15, 0.2) is 30.3 Å². The molecule has 0 atom stereocenters. The molecular weight excluding hydrogens is 274 g/mol. The highest BCUT2D eigenvalue weighted by Gasteiger charge is 2.24. The van der Waals surface area contributed by atoms with Gasteiger partial charge in [0.05, 0.1) is 24.4 Å². The Morgan fingerprint density at radius 2 is 1.82 bits per heavy atom. The normalized spacial score (nSPS) is 16.1. The van der Waals surface area contributed by atoms with Crippen molar-refractivity contribution in [3.05, 3.63) is 35.9 Å². The predicted octanol–water partition coefficient (Wildman–Crippen LogP) is 3.45. The molecule has 0 saturated carbocycles. The van der Waals surface area contributed by atoms with Crippen molar-refractivity contribution in [1.29, 1.82) is 0 Å². The topological polar surface area (TPSA) is 30.3 Å². The van der Waals surface area contributed by atoms with Gasteiger partial charge in [-0.3, -0.25) is 0 Å². The van der Waals surface area contributed by atoms with Gasteiger partial charge in [0.25, 0.3) is 0 Å². The molecule has 4 heteroatoms. The highest BCUT2D eigenvalue weighted by Crippen LogP contribution is 2.30. The van der Waals surface area contributed by atoms with Crippen LogP contribution >= 0.6 is 0 Å². The number of hydrogen-bond acceptors (Lipinski definition) is 3. The third kappa shape index (κ3) is 3.02. The number of anilines is 1. The van der Waals surface area contributed by atoms with Crippen molar-refractivity contribution in [2.45, 2.75) is 33.2 Å². The monoisotopic (exact) mass is 299 g/mol. The third-order valence-electron chi connectivity index (χ3n) is 3.97. The molecule has 0 unspecified atom stereocenters. The Morgan fingerprint density at radius 3 is 2.45 bits per heavy atom. The van der Waals surface area contributed by atoms with E-state index in [1.807, 2.05) is 0 Å². The summed E-state index contributed by atoms with van der Waals surface area (Å²) in [7, 11) is 0. The largest absolute Gasteiger partial charge is 0.378 e. The minimum atomic E-state index is -0.0459. The molecule has 1 aromatic carbocycles. The number of benzene rings is 1. The average molecular weight is 299 g/mol. The van der Waals surface area contributed by atoms with Gasteiger partial charge < -0.3 is 9.64 Å². The van der Waals surface area contributed by atoms with E-state index in [4.69, 9.17) is 9.84 Å². The van der Waals surface area contributed by atoms with Crippen molar-refractivity contribution in [2.75, 3.05) is 31.2 Å². The van der Waals surface area contributed by atoms with Gasteiger partial charge in [0.2, 0.25) is 0 Å². The van der Waals surface area contributed by atoms with Crippen LogP contribution in [0.25, 0.3) is 11.3 Å². The second-order valence-corrected chi connectivity index (χ2v) is 6.94. The summed E-state index contributed by atoms with van der Waals surface area (Å²) in [6, 6.07) is 10.7. The van der Waals surface area contributed by atoms with E-state index in [9.17, 15) is 0 Å². The summed E-state index contributed by atoms with van der Waals surface area (Å²) in [5.74, 6) is 1.19. The molecule has 0 aliphatic carbocycles. The molecule has 1 aromatic heterocycles. The van der Waals surface area contributed by atoms with Crippen LogP contribution in [0.5, 0.6) is 0 Å². The first kappa shape index (κ1) is 15.1. The van der Waals surface area contributed by atoms with E-state index < -0.39 is 0 Å². The standard InChI is InChI=1S/C18H25N3O/c1-14-6-5-7-15(12-14)16-13-17(20-8-10-22-11-9-20)21(19-16)18(2,3)4/h5-7,12-13H,8-11H2,1-4H3. The van der Waals surface area contributed by atoms with Crippen LogP contribution in [0.3, 0.4) is 0 Å². The maximum atomic E-state index is 5.48. The predicted molar refractivity (Wildman–Crippen MR) is 90.4 cm³/mol. The summed E-state index contributed by atoms with van der Waals surface area (Å²) in [6.07, 6.45) is 0. The Kier molecular flexibility index (Phi) is 3.96. The van der Waals surface area contributed by atoms with Crippen LogP contribution < -0.4 is 4.90 Å². The summed E-state index contributed by atoms with van der Waals surface area (Å²) in [5, 5.41) is 4.90. The Balaban J connectivity index is 2.04. The summed E-state index contributed by atoms with van der Waals surface area (Å²) >= 11 is 0. The molecule has 1 saturated heterocycles. The van der Waals surface area contributed by atoms with Gasteiger partial charge in [0.1, 0.15) is 5.82 Å². The first-order chi connectivity index (χ1) is 10.4. The molecule has 22 heavy (non-hydrogen) atoms. The molecule has 0 amide bonds. The maximum Gasteiger partial charge on any atom is 0.128 e. The van der Waals surface area contributed by atoms with Crippen molar-refractivity contribution < 1.29 is 4.74 Å². The zero-order valence-electron chi connectivity index (χ0n) is 14.0. The molecule has 118 valence electrons. The molecule has 3 rings (SSSR count). The molecule has 2 aromatic rings. The highest BCUT2D eigenvalue weighted by molar-refractivity contribution is 5.64. The molecule has 0 radical (unpaired) electrons. The fourth-order valence-electron chi connectivity index (χ4n) is 2.83. The lowest BCUT2D eigenvalue weighted by atomic mass is 10.1. The van der Waals surface area contributed by atoms with E-state index in [1.54, 1.807) is 0 Å². The summed E-state index contributed by atoms with van der Waals surface area (Å²) in [5.41, 5.74) is 3.43. The van der Waals surface area contributed by atoms with E-state index in [0.717, 1.165) is 32.0 Å². The molecular formula is C18H25N3O. The summed E-state index contributed by atoms with van der Waals surface area (Å²) < 4.78 is 7.63. The molecule has 4 nitrogen and oxygen atoms in total. The third-order valence-corrected chi connectivity index (χ3v) is 3.97. The molecule has 0 bridgehead atoms. The van der Waals surface area contributed by atoms with Gasteiger partial charge in [-0.2, -0.15) is 5.10 Å². The Hall–Kier alpha value is -1.81. The van der Waals surface area contributed by atoms with Gasteiger partial charge in [-0.15, -0.1) is 0 Å². The van der Waals surface area contributed by atoms with Gasteiger partial charge in [-0.1, -0.05) is 23.8 Å². The van der Waals surface area contributed by atoms with E-state index in [-0.39, 0.29) is 5.54 Å². The van der Waals surface area contributed by atoms with Crippen LogP contribution in [-0.4, -0.2) is 36.1 Å². The number of aromatic nitrogens is 2. The lowest BCUT2D eigenvalue weighted by molar-refractivity contribution is 0.121. The number of morpholine rings is 1. The molecule has 0 spiro atoms. The Morgan fingerprint density at radius 1 is 1.09 bits per heavy atom. The molecule has 2 heterocycles. The van der Waals surface area contributed by atoms with Crippen molar-refractivity contribution in [3.8, 4) is 11.3 Å². The number of ether oxygens (including phenoxy) is 1. The van der Waals surface area contributed by atoms with Crippen molar-refractivity contribution >= 4 is 5.82 Å². The van der Waals surface area contributed by atoms with Gasteiger partial charge in [0, 0.05) is 24.7 Å². The summed E-state index contributed by atoms with van der Waals surface area (Å²) in [4.78, 5) is 2.38. The van der Waals surface area contributed by atoms with Gasteiger partial charge in [0.15, 0.2) is 0 Å². The fourth-order valence-corrected chi connectivity index (χ4v) is 2.83. The lowest BCUT2D eigenvalue weighted by Crippen LogP contribution is -2.39. The molecule has 1 aliphatic heterocycles. The number of rotatable bonds is 2. The maximum absolute atomic E-state index is 5.48. The molecule has 1 fully saturated rings. The van der Waals surface area contributed by atoms with Crippen LogP contribution in [0.1, 0.15) is 26.3 Å². The second kappa shape index (κ2) is 5.76. The SMILES string of the molecule is Cc1cccc(-c2cc(N3CCOCC3)n(C(C)(C)C)n2)c1. The van der Waals surface area contributed by atoms with E-state index in [0.29, 0.717) is 0 Å². The summed E-state index contributed by atoms with van der Waals surface area (Å²) in [6.45, 7) is 12.1. The number of aryl methyl sites for hydroxylation is 1. The van der Waals surface area contributed by atoms with Crippen LogP contribution in [0.2, 0.25) is 0 Å². The van der Waals surface area contributed by atoms with E-state index in [2.05, 4.69) is 67.6 Å². The highest BCUT2D eigenvalue weighted by atomic mass is 16.5. The Bertz CT molecular complexity index is 649. The first-order valence-corrected chi connectivity index (χ1v) is 7.95. The quantitative estimate of drug-likeness (QED) is 0.851. The van der Waals surface area contributed by atoms with Crippen molar-refractivity contribution in [2.24, 2.45) is 0 Å². The van der Waals surface area contributed by atoms with Gasteiger partial charge in [-0.05, 0) is 33.8 Å². The van der Waals surface area contributed by atoms with Crippen LogP contribution in [0, 0.1) is 6.92 Å². The molecule has 0 N–H and O–H groups in total. The van der Waals surface area contributed by atoms with E-state index >= 15 is 0 Å². The van der Waals surface area contributed by atoms with Gasteiger partial charge >= 0.3 is 0 Å². The van der Waals surface area contributed by atoms with Gasteiger partial charge in [-0.25, -0.2) is 4.68 Å². The van der Waals surface area contributed by atoms with Crippen LogP contribution in [0.4, 0.5) is 5.82 Å². The Labute approximate surface area is 132 Å². The smallest absolute Gasteiger partial charge is 0.128 e. The van der Waals surface area contributed by atoms with Crippen molar-refractivity contribution in [3.63, 3.8) is 0 Å². The van der Waals surface area contributed by atoms with Crippen molar-refractivity contribution in [1.82, 2.24) is 9.78 Å². The zero-order chi connectivity index (χ0) is 15.7. The van der Waals surface area contributed by atoms with Crippen LogP contribution in [-0.2, 0) is 10.3 Å². The number of nitrogens with zero attached hydrogens (tertiary/aromatic N) is 3. The lowest BCUT2D eigenvalue weighted by Gasteiger charge is -2.32. The first-order valence-electron chi connectivity index (χ1n) is 7.95. The zero-order valence-corrected chi connectivity index (χ0v) is 14.0. The fraction of sp³-hybridized carbons (Fsp3) is 0.500. The second-order valence-electron chi connectivity index (χ2n) is 6.94. The molecule has 1 aliphatic rings.